The van der Waals surface area contributed by atoms with Crippen molar-refractivity contribution in [3.63, 3.8) is 0 Å². The highest BCUT2D eigenvalue weighted by molar-refractivity contribution is 5.33. The van der Waals surface area contributed by atoms with Gasteiger partial charge >= 0.3 is 12.8 Å². The lowest BCUT2D eigenvalue weighted by Crippen LogP contribution is -2.12. The van der Waals surface area contributed by atoms with E-state index in [1.807, 2.05) is 0 Å². The Labute approximate surface area is 86.8 Å². The van der Waals surface area contributed by atoms with Gasteiger partial charge in [0.2, 0.25) is 5.88 Å². The number of ether oxygens (including phenoxy) is 1. The highest BCUT2D eigenvalue weighted by Gasteiger charge is 2.39. The quantitative estimate of drug-likeness (QED) is 0.821. The predicted molar refractivity (Wildman–Crippen MR) is 42.7 cm³/mol. The van der Waals surface area contributed by atoms with Gasteiger partial charge in [0, 0.05) is 13.6 Å². The predicted octanol–water partition coefficient (Wildman–Crippen LogP) is 1.50. The summed E-state index contributed by atoms with van der Waals surface area (Å²) in [5.74, 6) is -0.676. The third-order valence-electron chi connectivity index (χ3n) is 1.76. The van der Waals surface area contributed by atoms with E-state index in [0.29, 0.717) is 4.68 Å². The summed E-state index contributed by atoms with van der Waals surface area (Å²) >= 11 is 0. The molecular weight excluding hydrogens is 237 g/mol. The molecule has 9 heteroatoms. The van der Waals surface area contributed by atoms with Crippen molar-refractivity contribution in [2.45, 2.75) is 19.3 Å². The van der Waals surface area contributed by atoms with Gasteiger partial charge in [-0.2, -0.15) is 27.1 Å². The molecule has 16 heavy (non-hydrogen) atoms. The van der Waals surface area contributed by atoms with Gasteiger partial charge in [-0.25, -0.2) is 4.68 Å². The summed E-state index contributed by atoms with van der Waals surface area (Å²) in [6.07, 6.45) is -4.75. The third-order valence-corrected chi connectivity index (χ3v) is 1.76. The van der Waals surface area contributed by atoms with E-state index in [9.17, 15) is 22.0 Å². The van der Waals surface area contributed by atoms with E-state index < -0.39 is 36.5 Å². The first-order chi connectivity index (χ1) is 7.27. The SMILES string of the molecule is Cn1nc(C(F)(F)F)c(CN)c1OC(F)F. The third kappa shape index (κ3) is 2.40. The van der Waals surface area contributed by atoms with Crippen molar-refractivity contribution in [3.8, 4) is 5.88 Å². The highest BCUT2D eigenvalue weighted by Crippen LogP contribution is 2.35. The molecule has 0 unspecified atom stereocenters. The number of hydrogen-bond acceptors (Lipinski definition) is 3. The minimum atomic E-state index is -4.75. The fraction of sp³-hybridized carbons (Fsp3) is 0.571. The van der Waals surface area contributed by atoms with Gasteiger partial charge in [-0.1, -0.05) is 0 Å². The lowest BCUT2D eigenvalue weighted by molar-refractivity contribution is -0.142. The Morgan fingerprint density at radius 1 is 1.44 bits per heavy atom. The lowest BCUT2D eigenvalue weighted by Gasteiger charge is -2.07. The van der Waals surface area contributed by atoms with Crippen LogP contribution >= 0.6 is 0 Å². The first-order valence-corrected chi connectivity index (χ1v) is 4.05. The molecule has 0 spiro atoms. The van der Waals surface area contributed by atoms with Crippen LogP contribution in [0, 0.1) is 0 Å². The number of hydrogen-bond donors (Lipinski definition) is 1. The second-order valence-corrected chi connectivity index (χ2v) is 2.84. The van der Waals surface area contributed by atoms with Gasteiger partial charge in [0.15, 0.2) is 5.69 Å². The first kappa shape index (κ1) is 12.7. The molecule has 1 heterocycles. The number of halogens is 5. The van der Waals surface area contributed by atoms with E-state index in [1.165, 1.54) is 0 Å². The molecule has 0 atom stereocenters. The summed E-state index contributed by atoms with van der Waals surface area (Å²) in [4.78, 5) is 0. The molecule has 0 radical (unpaired) electrons. The Hall–Kier alpha value is -1.38. The standard InChI is InChI=1S/C7H8F5N3O/c1-15-5(16-6(8)9)3(2-13)4(14-15)7(10,11)12/h6H,2,13H2,1H3. The number of alkyl halides is 5. The van der Waals surface area contributed by atoms with E-state index in [2.05, 4.69) is 9.84 Å². The van der Waals surface area contributed by atoms with Crippen molar-refractivity contribution in [2.24, 2.45) is 12.8 Å². The second-order valence-electron chi connectivity index (χ2n) is 2.84. The van der Waals surface area contributed by atoms with Gasteiger partial charge in [0.05, 0.1) is 5.56 Å². The molecule has 0 aliphatic rings. The average molecular weight is 245 g/mol. The van der Waals surface area contributed by atoms with Crippen LogP contribution in [0.2, 0.25) is 0 Å². The average Bonchev–Trinajstić information content (AvgIpc) is 2.42. The van der Waals surface area contributed by atoms with Crippen LogP contribution in [0.25, 0.3) is 0 Å². The number of nitrogens with zero attached hydrogens (tertiary/aromatic N) is 2. The van der Waals surface area contributed by atoms with E-state index in [1.54, 1.807) is 0 Å². The number of aromatic nitrogens is 2. The summed E-state index contributed by atoms with van der Waals surface area (Å²) in [7, 11) is 1.06. The van der Waals surface area contributed by atoms with Gasteiger partial charge in [-0.05, 0) is 0 Å². The number of aryl methyl sites for hydroxylation is 1. The Morgan fingerprint density at radius 2 is 2.00 bits per heavy atom. The fourth-order valence-corrected chi connectivity index (χ4v) is 1.20. The summed E-state index contributed by atoms with van der Waals surface area (Å²) in [6, 6.07) is 0. The molecule has 0 saturated heterocycles. The zero-order valence-electron chi connectivity index (χ0n) is 8.05. The molecule has 0 fully saturated rings. The largest absolute Gasteiger partial charge is 0.435 e. The van der Waals surface area contributed by atoms with Crippen LogP contribution in [0.15, 0.2) is 0 Å². The van der Waals surface area contributed by atoms with Gasteiger partial charge in [-0.3, -0.25) is 0 Å². The smallest absolute Gasteiger partial charge is 0.417 e. The molecule has 4 nitrogen and oxygen atoms in total. The second kappa shape index (κ2) is 4.24. The van der Waals surface area contributed by atoms with Gasteiger partial charge in [-0.15, -0.1) is 0 Å². The van der Waals surface area contributed by atoms with E-state index in [4.69, 9.17) is 5.73 Å². The summed E-state index contributed by atoms with van der Waals surface area (Å²) in [5, 5.41) is 3.06. The number of nitrogens with two attached hydrogens (primary N) is 1. The lowest BCUT2D eigenvalue weighted by atomic mass is 10.2. The molecule has 2 N–H and O–H groups in total. The molecule has 1 aromatic heterocycles. The van der Waals surface area contributed by atoms with Crippen molar-refractivity contribution in [3.05, 3.63) is 11.3 Å². The molecule has 0 aromatic carbocycles. The van der Waals surface area contributed by atoms with Crippen LogP contribution in [0.3, 0.4) is 0 Å². The van der Waals surface area contributed by atoms with Crippen LogP contribution in [-0.2, 0) is 19.8 Å². The summed E-state index contributed by atoms with van der Waals surface area (Å²) in [5.41, 5.74) is 3.16. The van der Waals surface area contributed by atoms with Crippen molar-refractivity contribution in [2.75, 3.05) is 0 Å². The molecule has 0 aliphatic heterocycles. The highest BCUT2D eigenvalue weighted by atomic mass is 19.4. The maximum Gasteiger partial charge on any atom is 0.435 e. The Morgan fingerprint density at radius 3 is 2.38 bits per heavy atom. The topological polar surface area (TPSA) is 53.1 Å². The van der Waals surface area contributed by atoms with Crippen LogP contribution in [-0.4, -0.2) is 16.4 Å². The van der Waals surface area contributed by atoms with Crippen molar-refractivity contribution >= 4 is 0 Å². The minimum Gasteiger partial charge on any atom is -0.417 e. The Kier molecular flexibility index (Phi) is 3.36. The molecule has 0 bridgehead atoms. The molecule has 1 aromatic rings. The van der Waals surface area contributed by atoms with Crippen LogP contribution < -0.4 is 10.5 Å². The van der Waals surface area contributed by atoms with Crippen molar-refractivity contribution in [1.82, 2.24) is 9.78 Å². The van der Waals surface area contributed by atoms with E-state index in [0.717, 1.165) is 7.05 Å². The summed E-state index contributed by atoms with van der Waals surface area (Å²) < 4.78 is 65.6. The molecule has 1 rings (SSSR count). The monoisotopic (exact) mass is 245 g/mol. The first-order valence-electron chi connectivity index (χ1n) is 4.05. The van der Waals surface area contributed by atoms with Crippen LogP contribution in [0.4, 0.5) is 22.0 Å². The van der Waals surface area contributed by atoms with Gasteiger partial charge in [0.25, 0.3) is 0 Å². The normalized spacial score (nSPS) is 12.2. The van der Waals surface area contributed by atoms with Crippen LogP contribution in [0.1, 0.15) is 11.3 Å². The molecule has 92 valence electrons. The van der Waals surface area contributed by atoms with Gasteiger partial charge < -0.3 is 10.5 Å². The fourth-order valence-electron chi connectivity index (χ4n) is 1.20. The van der Waals surface area contributed by atoms with Gasteiger partial charge in [0.1, 0.15) is 0 Å². The maximum absolute atomic E-state index is 12.4. The zero-order valence-corrected chi connectivity index (χ0v) is 8.05. The Balaban J connectivity index is 3.24. The van der Waals surface area contributed by atoms with E-state index in [-0.39, 0.29) is 0 Å². The summed E-state index contributed by atoms with van der Waals surface area (Å²) in [6.45, 7) is -3.83. The number of rotatable bonds is 3. The van der Waals surface area contributed by atoms with E-state index >= 15 is 0 Å². The van der Waals surface area contributed by atoms with Crippen LogP contribution in [0.5, 0.6) is 5.88 Å². The molecule has 0 aliphatic carbocycles. The molecule has 0 amide bonds. The maximum atomic E-state index is 12.4. The molecule has 0 saturated carbocycles. The minimum absolute atomic E-state index is 0.581. The molecular formula is C7H8F5N3O. The zero-order chi connectivity index (χ0) is 12.5. The van der Waals surface area contributed by atoms with Crippen molar-refractivity contribution < 1.29 is 26.7 Å². The Bertz CT molecular complexity index is 373. The van der Waals surface area contributed by atoms with Crippen molar-refractivity contribution in [1.29, 1.82) is 0 Å².